The van der Waals surface area contributed by atoms with Gasteiger partial charge in [-0.05, 0) is 29.8 Å². The molecule has 2 rings (SSSR count). The van der Waals surface area contributed by atoms with Crippen molar-refractivity contribution in [3.05, 3.63) is 57.8 Å². The molecule has 0 saturated carbocycles. The van der Waals surface area contributed by atoms with Gasteiger partial charge in [0.2, 0.25) is 0 Å². The van der Waals surface area contributed by atoms with Gasteiger partial charge in [-0.3, -0.25) is 4.79 Å². The predicted molar refractivity (Wildman–Crippen MR) is 78.2 cm³/mol. The Morgan fingerprint density at radius 1 is 1.20 bits per heavy atom. The summed E-state index contributed by atoms with van der Waals surface area (Å²) in [5.41, 5.74) is 1.01. The smallest absolute Gasteiger partial charge is 0.274 e. The average molecular weight is 311 g/mol. The third-order valence-corrected chi connectivity index (χ3v) is 3.23. The lowest BCUT2D eigenvalue weighted by Gasteiger charge is -2.17. The number of nitrogens with zero attached hydrogens (tertiary/aromatic N) is 2. The lowest BCUT2D eigenvalue weighted by atomic mass is 10.2. The number of amides is 1. The molecule has 0 unspecified atom stereocenters. The molecule has 4 nitrogen and oxygen atoms in total. The van der Waals surface area contributed by atoms with E-state index in [2.05, 4.69) is 4.98 Å². The molecule has 1 N–H and O–H groups in total. The number of aromatic hydroxyl groups is 1. The molecule has 0 atom stereocenters. The molecule has 1 aromatic heterocycles. The van der Waals surface area contributed by atoms with Gasteiger partial charge in [0.15, 0.2) is 0 Å². The first-order valence-corrected chi connectivity index (χ1v) is 6.58. The molecule has 0 bridgehead atoms. The molecular weight excluding hydrogens is 299 g/mol. The van der Waals surface area contributed by atoms with Crippen LogP contribution in [-0.2, 0) is 6.54 Å². The van der Waals surface area contributed by atoms with Crippen molar-refractivity contribution in [1.82, 2.24) is 9.88 Å². The predicted octanol–water partition coefficient (Wildman–Crippen LogP) is 3.37. The van der Waals surface area contributed by atoms with E-state index in [-0.39, 0.29) is 27.5 Å². The zero-order valence-corrected chi connectivity index (χ0v) is 12.2. The molecule has 1 heterocycles. The largest absolute Gasteiger partial charge is 0.508 e. The fourth-order valence-corrected chi connectivity index (χ4v) is 2.03. The van der Waals surface area contributed by atoms with Crippen LogP contribution in [0.25, 0.3) is 0 Å². The summed E-state index contributed by atoms with van der Waals surface area (Å²) in [6, 6.07) is 9.69. The van der Waals surface area contributed by atoms with Crippen LogP contribution in [0.2, 0.25) is 10.2 Å². The Balaban J connectivity index is 2.16. The minimum atomic E-state index is -0.314. The number of hydrogen-bond donors (Lipinski definition) is 1. The molecule has 0 aliphatic heterocycles. The highest BCUT2D eigenvalue weighted by atomic mass is 35.5. The monoisotopic (exact) mass is 310 g/mol. The molecule has 6 heteroatoms. The van der Waals surface area contributed by atoms with E-state index in [1.165, 1.54) is 11.0 Å². The second-order valence-corrected chi connectivity index (χ2v) is 5.09. The highest BCUT2D eigenvalue weighted by Crippen LogP contribution is 2.19. The third kappa shape index (κ3) is 3.40. The molecule has 1 aromatic carbocycles. The van der Waals surface area contributed by atoms with Gasteiger partial charge in [-0.2, -0.15) is 0 Å². The molecule has 0 aliphatic carbocycles. The van der Waals surface area contributed by atoms with Crippen molar-refractivity contribution in [2.24, 2.45) is 0 Å². The molecule has 0 aliphatic rings. The van der Waals surface area contributed by atoms with E-state index in [1.807, 2.05) is 0 Å². The quantitative estimate of drug-likeness (QED) is 0.884. The summed E-state index contributed by atoms with van der Waals surface area (Å²) >= 11 is 11.7. The number of phenolic OH excluding ortho intramolecular Hbond substituents is 1. The number of rotatable bonds is 3. The van der Waals surface area contributed by atoms with Crippen LogP contribution in [-0.4, -0.2) is 27.9 Å². The fraction of sp³-hybridized carbons (Fsp3) is 0.143. The van der Waals surface area contributed by atoms with Gasteiger partial charge in [-0.1, -0.05) is 35.3 Å². The molecule has 0 fully saturated rings. The van der Waals surface area contributed by atoms with Gasteiger partial charge in [0.05, 0.1) is 5.02 Å². The van der Waals surface area contributed by atoms with Gasteiger partial charge in [-0.15, -0.1) is 0 Å². The Hall–Kier alpha value is -1.78. The number of aromatic nitrogens is 1. The number of phenols is 1. The first kappa shape index (κ1) is 14.6. The molecule has 1 amide bonds. The van der Waals surface area contributed by atoms with Crippen molar-refractivity contribution in [2.45, 2.75) is 6.54 Å². The SMILES string of the molecule is CN(Cc1ccc(O)cc1)C(=O)c1nc(Cl)ccc1Cl. The second-order valence-electron chi connectivity index (χ2n) is 4.29. The van der Waals surface area contributed by atoms with Crippen LogP contribution < -0.4 is 0 Å². The molecule has 20 heavy (non-hydrogen) atoms. The highest BCUT2D eigenvalue weighted by Gasteiger charge is 2.17. The Morgan fingerprint density at radius 3 is 2.50 bits per heavy atom. The maximum Gasteiger partial charge on any atom is 0.274 e. The molecule has 0 saturated heterocycles. The fourth-order valence-electron chi connectivity index (χ4n) is 1.70. The van der Waals surface area contributed by atoms with Crippen LogP contribution in [0.3, 0.4) is 0 Å². The number of pyridine rings is 1. The van der Waals surface area contributed by atoms with Crippen LogP contribution >= 0.6 is 23.2 Å². The lowest BCUT2D eigenvalue weighted by Crippen LogP contribution is -2.27. The summed E-state index contributed by atoms with van der Waals surface area (Å²) in [5.74, 6) is -0.132. The van der Waals surface area contributed by atoms with Gasteiger partial charge >= 0.3 is 0 Å². The minimum absolute atomic E-state index is 0.125. The standard InChI is InChI=1S/C14H12Cl2N2O2/c1-18(8-9-2-4-10(19)5-3-9)14(20)13-11(15)6-7-12(16)17-13/h2-7,19H,8H2,1H3. The summed E-state index contributed by atoms with van der Waals surface area (Å²) < 4.78 is 0. The van der Waals surface area contributed by atoms with Crippen LogP contribution in [0.5, 0.6) is 5.75 Å². The first-order chi connectivity index (χ1) is 9.47. The highest BCUT2D eigenvalue weighted by molar-refractivity contribution is 6.34. The number of benzene rings is 1. The Kier molecular flexibility index (Phi) is 4.47. The summed E-state index contributed by atoms with van der Waals surface area (Å²) in [5, 5.41) is 9.70. The Labute approximate surface area is 126 Å². The maximum absolute atomic E-state index is 12.3. The van der Waals surface area contributed by atoms with E-state index in [0.717, 1.165) is 5.56 Å². The Bertz CT molecular complexity index is 630. The number of halogens is 2. The number of carbonyl (C=O) groups excluding carboxylic acids is 1. The van der Waals surface area contributed by atoms with Gasteiger partial charge in [-0.25, -0.2) is 4.98 Å². The molecule has 0 spiro atoms. The topological polar surface area (TPSA) is 53.4 Å². The van der Waals surface area contributed by atoms with Crippen molar-refractivity contribution in [1.29, 1.82) is 0 Å². The Morgan fingerprint density at radius 2 is 1.85 bits per heavy atom. The van der Waals surface area contributed by atoms with E-state index in [1.54, 1.807) is 37.4 Å². The minimum Gasteiger partial charge on any atom is -0.508 e. The van der Waals surface area contributed by atoms with Crippen molar-refractivity contribution >= 4 is 29.1 Å². The summed E-state index contributed by atoms with van der Waals surface area (Å²) in [6.07, 6.45) is 0. The van der Waals surface area contributed by atoms with Gasteiger partial charge in [0.1, 0.15) is 16.6 Å². The van der Waals surface area contributed by atoms with Gasteiger partial charge in [0, 0.05) is 13.6 Å². The van der Waals surface area contributed by atoms with Crippen LogP contribution in [0.1, 0.15) is 16.1 Å². The normalized spacial score (nSPS) is 10.3. The lowest BCUT2D eigenvalue weighted by molar-refractivity contribution is 0.0779. The van der Waals surface area contributed by atoms with Crippen molar-refractivity contribution in [3.8, 4) is 5.75 Å². The van der Waals surface area contributed by atoms with Crippen LogP contribution in [0.4, 0.5) is 0 Å². The summed E-state index contributed by atoms with van der Waals surface area (Å²) in [6.45, 7) is 0.379. The number of carbonyl (C=O) groups is 1. The maximum atomic E-state index is 12.3. The zero-order valence-electron chi connectivity index (χ0n) is 10.7. The second kappa shape index (κ2) is 6.11. The molecule has 0 radical (unpaired) electrons. The molecular formula is C14H12Cl2N2O2. The van der Waals surface area contributed by atoms with Gasteiger partial charge < -0.3 is 10.0 Å². The zero-order chi connectivity index (χ0) is 14.7. The summed E-state index contributed by atoms with van der Waals surface area (Å²) in [7, 11) is 1.65. The first-order valence-electron chi connectivity index (χ1n) is 5.83. The third-order valence-electron chi connectivity index (χ3n) is 2.72. The van der Waals surface area contributed by atoms with Crippen LogP contribution in [0.15, 0.2) is 36.4 Å². The molecule has 2 aromatic rings. The van der Waals surface area contributed by atoms with Gasteiger partial charge in [0.25, 0.3) is 5.91 Å². The average Bonchev–Trinajstić information content (AvgIpc) is 2.43. The van der Waals surface area contributed by atoms with E-state index in [4.69, 9.17) is 23.2 Å². The van der Waals surface area contributed by atoms with E-state index in [9.17, 15) is 9.90 Å². The van der Waals surface area contributed by atoms with E-state index in [0.29, 0.717) is 6.54 Å². The van der Waals surface area contributed by atoms with Crippen LogP contribution in [0, 0.1) is 0 Å². The summed E-state index contributed by atoms with van der Waals surface area (Å²) in [4.78, 5) is 17.7. The van der Waals surface area contributed by atoms with E-state index < -0.39 is 0 Å². The van der Waals surface area contributed by atoms with Crippen molar-refractivity contribution in [2.75, 3.05) is 7.05 Å². The number of hydrogen-bond acceptors (Lipinski definition) is 3. The van der Waals surface area contributed by atoms with Crippen molar-refractivity contribution in [3.63, 3.8) is 0 Å². The molecule has 104 valence electrons. The van der Waals surface area contributed by atoms with E-state index >= 15 is 0 Å². The van der Waals surface area contributed by atoms with Crippen molar-refractivity contribution < 1.29 is 9.90 Å².